The molecule has 3 nitrogen and oxygen atoms in total. The van der Waals surface area contributed by atoms with Crippen LogP contribution in [0.5, 0.6) is 0 Å². The summed E-state index contributed by atoms with van der Waals surface area (Å²) < 4.78 is 15.7. The molecule has 1 aliphatic rings. The monoisotopic (exact) mass is 629 g/mol. The summed E-state index contributed by atoms with van der Waals surface area (Å²) in [4.78, 5) is 2.38. The molecule has 1 aromatic heterocycles. The molecule has 8 rings (SSSR count). The summed E-state index contributed by atoms with van der Waals surface area (Å²) in [5, 5.41) is 2.50. The average Bonchev–Trinajstić information content (AvgIpc) is 3.59. The van der Waals surface area contributed by atoms with Crippen LogP contribution in [0.1, 0.15) is 27.7 Å². The highest BCUT2D eigenvalue weighted by Gasteiger charge is 2.51. The Kier molecular flexibility index (Phi) is 7.29. The third-order valence-corrected chi connectivity index (χ3v) is 10.9. The molecule has 0 spiro atoms. The molecule has 2 heterocycles. The fourth-order valence-electron chi connectivity index (χ4n) is 6.53. The number of nitrogens with zero attached hydrogens (tertiary/aromatic N) is 1. The highest BCUT2D eigenvalue weighted by molar-refractivity contribution is 7.26. The first-order valence-corrected chi connectivity index (χ1v) is 17.0. The van der Waals surface area contributed by atoms with Gasteiger partial charge in [-0.2, -0.15) is 0 Å². The zero-order valence-electron chi connectivity index (χ0n) is 27.1. The zero-order chi connectivity index (χ0) is 32.2. The van der Waals surface area contributed by atoms with Crippen molar-refractivity contribution in [3.63, 3.8) is 0 Å². The lowest BCUT2D eigenvalue weighted by atomic mass is 9.76. The van der Waals surface area contributed by atoms with Gasteiger partial charge in [0.15, 0.2) is 0 Å². The van der Waals surface area contributed by atoms with Crippen molar-refractivity contribution >= 4 is 61.2 Å². The van der Waals surface area contributed by atoms with Crippen molar-refractivity contribution in [3.8, 4) is 22.3 Å². The van der Waals surface area contributed by atoms with Crippen LogP contribution < -0.4 is 10.4 Å². The van der Waals surface area contributed by atoms with E-state index in [0.29, 0.717) is 0 Å². The molecule has 0 unspecified atom stereocenters. The Labute approximate surface area is 281 Å². The van der Waals surface area contributed by atoms with Crippen LogP contribution in [-0.4, -0.2) is 18.3 Å². The van der Waals surface area contributed by atoms with Crippen molar-refractivity contribution in [2.24, 2.45) is 0 Å². The highest BCUT2D eigenvalue weighted by Crippen LogP contribution is 2.48. The van der Waals surface area contributed by atoms with Gasteiger partial charge in [-0.1, -0.05) is 103 Å². The van der Waals surface area contributed by atoms with E-state index in [1.54, 1.807) is 0 Å². The number of para-hydroxylation sites is 2. The van der Waals surface area contributed by atoms with Crippen molar-refractivity contribution in [2.45, 2.75) is 38.9 Å². The van der Waals surface area contributed by atoms with Gasteiger partial charge in [0, 0.05) is 31.5 Å². The van der Waals surface area contributed by atoms with Crippen LogP contribution in [0.3, 0.4) is 0 Å². The molecule has 0 atom stereocenters. The van der Waals surface area contributed by atoms with E-state index in [9.17, 15) is 0 Å². The molecule has 0 amide bonds. The van der Waals surface area contributed by atoms with Crippen LogP contribution in [0, 0.1) is 0 Å². The Hall–Kier alpha value is -4.68. The van der Waals surface area contributed by atoms with Crippen LogP contribution in [0.25, 0.3) is 42.4 Å². The lowest BCUT2D eigenvalue weighted by Gasteiger charge is -2.32. The summed E-state index contributed by atoms with van der Waals surface area (Å²) in [6.45, 7) is 8.44. The number of rotatable bonds is 6. The summed E-state index contributed by atoms with van der Waals surface area (Å²) in [6.07, 6.45) is 0. The Morgan fingerprint density at radius 2 is 1.11 bits per heavy atom. The fourth-order valence-corrected chi connectivity index (χ4v) is 7.78. The smallest absolute Gasteiger partial charge is 0.399 e. The third-order valence-electron chi connectivity index (χ3n) is 9.67. The summed E-state index contributed by atoms with van der Waals surface area (Å²) in [7, 11) is -0.466. The van der Waals surface area contributed by atoms with Crippen molar-refractivity contribution in [3.05, 3.63) is 146 Å². The molecule has 1 saturated heterocycles. The van der Waals surface area contributed by atoms with Crippen LogP contribution in [-0.2, 0) is 9.31 Å². The molecule has 47 heavy (non-hydrogen) atoms. The van der Waals surface area contributed by atoms with Gasteiger partial charge in [0.25, 0.3) is 0 Å². The van der Waals surface area contributed by atoms with Crippen molar-refractivity contribution in [1.29, 1.82) is 0 Å². The molecule has 0 N–H and O–H groups in total. The van der Waals surface area contributed by atoms with E-state index < -0.39 is 18.3 Å². The molecular weight excluding hydrogens is 593 g/mol. The van der Waals surface area contributed by atoms with Gasteiger partial charge in [-0.05, 0) is 97.9 Å². The maximum absolute atomic E-state index is 6.59. The van der Waals surface area contributed by atoms with E-state index in [-0.39, 0.29) is 0 Å². The quantitative estimate of drug-likeness (QED) is 0.171. The molecule has 1 aliphatic heterocycles. The van der Waals surface area contributed by atoms with E-state index in [0.717, 1.165) is 39.2 Å². The number of fused-ring (bicyclic) bond motifs is 3. The lowest BCUT2D eigenvalue weighted by Crippen LogP contribution is -2.41. The SMILES string of the molecule is CC1(C)OB(c2cc(-c3ccccc3)cc(-c3ccc(N(c4ccccc4)c4ccccc4)c4c3sc3ccccc34)c2)OC1(C)C. The van der Waals surface area contributed by atoms with Crippen molar-refractivity contribution in [2.75, 3.05) is 4.90 Å². The number of hydrogen-bond donors (Lipinski definition) is 0. The first kappa shape index (κ1) is 29.7. The molecule has 0 bridgehead atoms. The second-order valence-electron chi connectivity index (χ2n) is 13.2. The van der Waals surface area contributed by atoms with Gasteiger partial charge in [0.1, 0.15) is 0 Å². The molecule has 1 fully saturated rings. The van der Waals surface area contributed by atoms with Gasteiger partial charge in [-0.15, -0.1) is 11.3 Å². The zero-order valence-corrected chi connectivity index (χ0v) is 27.9. The summed E-state index contributed by atoms with van der Waals surface area (Å²) in [6, 6.07) is 52.1. The number of anilines is 3. The normalized spacial score (nSPS) is 15.4. The first-order chi connectivity index (χ1) is 22.8. The molecule has 0 saturated carbocycles. The third kappa shape index (κ3) is 5.25. The lowest BCUT2D eigenvalue weighted by molar-refractivity contribution is 0.00578. The van der Waals surface area contributed by atoms with Gasteiger partial charge < -0.3 is 14.2 Å². The van der Waals surface area contributed by atoms with E-state index in [2.05, 4.69) is 178 Å². The summed E-state index contributed by atoms with van der Waals surface area (Å²) >= 11 is 1.86. The first-order valence-electron chi connectivity index (χ1n) is 16.2. The standard InChI is InChI=1S/C42H36BNO2S/c1-41(2)42(3,4)46-43(45-41)32-27-30(29-16-8-5-9-17-29)26-31(28-32)35-24-25-37(39-36-22-14-15-23-38(36)47-40(35)39)44(33-18-10-6-11-19-33)34-20-12-7-13-21-34/h5-28H,1-4H3. The molecule has 5 heteroatoms. The topological polar surface area (TPSA) is 21.7 Å². The number of thiophene rings is 1. The molecule has 230 valence electrons. The maximum atomic E-state index is 6.59. The maximum Gasteiger partial charge on any atom is 0.494 e. The highest BCUT2D eigenvalue weighted by atomic mass is 32.1. The second-order valence-corrected chi connectivity index (χ2v) is 14.3. The molecular formula is C42H36BNO2S. The van der Waals surface area contributed by atoms with Gasteiger partial charge in [0.2, 0.25) is 0 Å². The number of benzene rings is 6. The minimum Gasteiger partial charge on any atom is -0.399 e. The largest absolute Gasteiger partial charge is 0.494 e. The van der Waals surface area contributed by atoms with E-state index in [1.165, 1.54) is 25.7 Å². The minimum atomic E-state index is -0.466. The Morgan fingerprint density at radius 1 is 0.553 bits per heavy atom. The van der Waals surface area contributed by atoms with Crippen LogP contribution in [0.15, 0.2) is 146 Å². The predicted molar refractivity (Wildman–Crippen MR) is 201 cm³/mol. The molecule has 7 aromatic rings. The van der Waals surface area contributed by atoms with Gasteiger partial charge in [0.05, 0.1) is 16.9 Å². The second kappa shape index (κ2) is 11.5. The van der Waals surface area contributed by atoms with E-state index >= 15 is 0 Å². The van der Waals surface area contributed by atoms with E-state index in [1.807, 2.05) is 11.3 Å². The number of hydrogen-bond acceptors (Lipinski definition) is 4. The van der Waals surface area contributed by atoms with Gasteiger partial charge in [-0.25, -0.2) is 0 Å². The van der Waals surface area contributed by atoms with Crippen LogP contribution in [0.2, 0.25) is 0 Å². The van der Waals surface area contributed by atoms with Crippen LogP contribution in [0.4, 0.5) is 17.1 Å². The van der Waals surface area contributed by atoms with Gasteiger partial charge in [-0.3, -0.25) is 0 Å². The van der Waals surface area contributed by atoms with Crippen molar-refractivity contribution in [1.82, 2.24) is 0 Å². The predicted octanol–water partition coefficient (Wildman–Crippen LogP) is 11.2. The fraction of sp³-hybridized carbons (Fsp3) is 0.143. The Bertz CT molecular complexity index is 2160. The molecule has 0 radical (unpaired) electrons. The summed E-state index contributed by atoms with van der Waals surface area (Å²) in [5.74, 6) is 0. The summed E-state index contributed by atoms with van der Waals surface area (Å²) in [5.41, 5.74) is 8.20. The minimum absolute atomic E-state index is 0.431. The average molecular weight is 630 g/mol. The Balaban J connectivity index is 1.38. The molecule has 6 aromatic carbocycles. The molecule has 0 aliphatic carbocycles. The van der Waals surface area contributed by atoms with Crippen LogP contribution >= 0.6 is 11.3 Å². The Morgan fingerprint density at radius 3 is 1.74 bits per heavy atom. The van der Waals surface area contributed by atoms with Crippen molar-refractivity contribution < 1.29 is 9.31 Å². The van der Waals surface area contributed by atoms with Gasteiger partial charge >= 0.3 is 7.12 Å². The van der Waals surface area contributed by atoms with E-state index in [4.69, 9.17) is 9.31 Å².